The summed E-state index contributed by atoms with van der Waals surface area (Å²) >= 11 is 3.45. The van der Waals surface area contributed by atoms with Gasteiger partial charge in [-0.05, 0) is 30.2 Å². The molecule has 0 spiro atoms. The van der Waals surface area contributed by atoms with Crippen molar-refractivity contribution in [3.8, 4) is 5.75 Å². The topological polar surface area (TPSA) is 84.9 Å². The number of hydrogen-bond acceptors (Lipinski definition) is 5. The number of hydrogen-bond donors (Lipinski definition) is 1. The van der Waals surface area contributed by atoms with Crippen molar-refractivity contribution in [1.29, 1.82) is 0 Å². The first-order valence-electron chi connectivity index (χ1n) is 15.2. The van der Waals surface area contributed by atoms with Gasteiger partial charge in [0.2, 0.25) is 5.91 Å². The first-order valence-corrected chi connectivity index (χ1v) is 16.0. The minimum atomic E-state index is -0.924. The summed E-state index contributed by atoms with van der Waals surface area (Å²) in [6.45, 7) is 3.60. The van der Waals surface area contributed by atoms with Gasteiger partial charge in [0, 0.05) is 24.0 Å². The molecule has 8 heteroatoms. The molecule has 3 rings (SSSR count). The molecule has 0 radical (unpaired) electrons. The summed E-state index contributed by atoms with van der Waals surface area (Å²) in [5.74, 6) is -0.706. The normalized spacial score (nSPS) is 14.9. The van der Waals surface area contributed by atoms with Crippen molar-refractivity contribution in [2.45, 2.75) is 90.0 Å². The number of benzene rings is 2. The molecular formula is C33H45BrN2O5. The average molecular weight is 630 g/mol. The molecule has 1 aliphatic rings. The third-order valence-electron chi connectivity index (χ3n) is 7.38. The summed E-state index contributed by atoms with van der Waals surface area (Å²) in [6, 6.07) is 14.3. The summed E-state index contributed by atoms with van der Waals surface area (Å²) in [5, 5.41) is 2.78. The Morgan fingerprint density at radius 2 is 1.61 bits per heavy atom. The van der Waals surface area contributed by atoms with Gasteiger partial charge in [-0.15, -0.1) is 0 Å². The molecule has 2 amide bonds. The average Bonchev–Trinajstić information content (AvgIpc) is 2.98. The van der Waals surface area contributed by atoms with Crippen LogP contribution in [0.4, 0.5) is 0 Å². The van der Waals surface area contributed by atoms with Crippen molar-refractivity contribution < 1.29 is 23.9 Å². The predicted molar refractivity (Wildman–Crippen MR) is 165 cm³/mol. The molecule has 2 aromatic rings. The van der Waals surface area contributed by atoms with Crippen molar-refractivity contribution in [1.82, 2.24) is 10.2 Å². The first-order chi connectivity index (χ1) is 20.0. The molecule has 2 aromatic carbocycles. The quantitative estimate of drug-likeness (QED) is 0.144. The van der Waals surface area contributed by atoms with Gasteiger partial charge in [-0.25, -0.2) is 0 Å². The van der Waals surface area contributed by atoms with Gasteiger partial charge in [-0.2, -0.15) is 0 Å². The fraction of sp³-hybridized carbons (Fsp3) is 0.545. The van der Waals surface area contributed by atoms with Crippen LogP contribution in [0.1, 0.15) is 93.5 Å². The number of carbonyl (C=O) groups is 3. The predicted octanol–water partition coefficient (Wildman–Crippen LogP) is 6.87. The van der Waals surface area contributed by atoms with E-state index in [9.17, 15) is 14.4 Å². The molecule has 1 fully saturated rings. The largest absolute Gasteiger partial charge is 0.492 e. The van der Waals surface area contributed by atoms with Crippen LogP contribution in [0.3, 0.4) is 0 Å². The van der Waals surface area contributed by atoms with Crippen LogP contribution in [-0.2, 0) is 20.7 Å². The fourth-order valence-corrected chi connectivity index (χ4v) is 5.39. The fourth-order valence-electron chi connectivity index (χ4n) is 5.03. The van der Waals surface area contributed by atoms with Crippen molar-refractivity contribution in [2.75, 3.05) is 26.3 Å². The minimum Gasteiger partial charge on any atom is -0.492 e. The third kappa shape index (κ3) is 11.5. The molecule has 1 unspecified atom stereocenters. The number of nitrogens with one attached hydrogen (secondary N) is 1. The molecule has 0 aliphatic carbocycles. The van der Waals surface area contributed by atoms with Crippen LogP contribution in [-0.4, -0.2) is 55.0 Å². The summed E-state index contributed by atoms with van der Waals surface area (Å²) in [5.41, 5.74) is 1.49. The molecule has 1 atom stereocenters. The maximum atomic E-state index is 13.7. The molecule has 1 saturated heterocycles. The number of ether oxygens (including phenoxy) is 2. The highest BCUT2D eigenvalue weighted by Crippen LogP contribution is 2.27. The second-order valence-corrected chi connectivity index (χ2v) is 11.6. The SMILES string of the molecule is CCCCCCCCCCCCOC(=O)CC1C(=O)NCCN1C(=O)c1cc(Br)ccc1OCCc1ccccc1. The summed E-state index contributed by atoms with van der Waals surface area (Å²) < 4.78 is 12.2. The maximum absolute atomic E-state index is 13.7. The number of nitrogens with zero attached hydrogens (tertiary/aromatic N) is 1. The van der Waals surface area contributed by atoms with E-state index in [1.165, 1.54) is 49.8 Å². The molecule has 0 saturated carbocycles. The van der Waals surface area contributed by atoms with Crippen LogP contribution >= 0.6 is 15.9 Å². The molecule has 1 aliphatic heterocycles. The molecule has 0 aromatic heterocycles. The van der Waals surface area contributed by atoms with Gasteiger partial charge in [-0.3, -0.25) is 14.4 Å². The Balaban J connectivity index is 1.48. The molecule has 7 nitrogen and oxygen atoms in total. The van der Waals surface area contributed by atoms with Gasteiger partial charge < -0.3 is 19.7 Å². The van der Waals surface area contributed by atoms with E-state index in [2.05, 4.69) is 28.2 Å². The van der Waals surface area contributed by atoms with Gasteiger partial charge in [0.15, 0.2) is 0 Å². The van der Waals surface area contributed by atoms with E-state index in [0.29, 0.717) is 44.0 Å². The van der Waals surface area contributed by atoms with Gasteiger partial charge in [-0.1, -0.05) is 111 Å². The van der Waals surface area contributed by atoms with E-state index in [0.717, 1.165) is 29.3 Å². The summed E-state index contributed by atoms with van der Waals surface area (Å²) in [6.07, 6.45) is 12.5. The minimum absolute atomic E-state index is 0.173. The Labute approximate surface area is 253 Å². The highest BCUT2D eigenvalue weighted by molar-refractivity contribution is 9.10. The Morgan fingerprint density at radius 3 is 2.32 bits per heavy atom. The zero-order chi connectivity index (χ0) is 29.3. The van der Waals surface area contributed by atoms with E-state index in [-0.39, 0.29) is 18.2 Å². The lowest BCUT2D eigenvalue weighted by Crippen LogP contribution is -2.57. The lowest BCUT2D eigenvalue weighted by atomic mass is 10.1. The number of piperazine rings is 1. The van der Waals surface area contributed by atoms with Crippen LogP contribution in [0.2, 0.25) is 0 Å². The molecule has 1 heterocycles. The Bertz CT molecular complexity index is 1090. The monoisotopic (exact) mass is 628 g/mol. The number of unbranched alkanes of at least 4 members (excludes halogenated alkanes) is 9. The van der Waals surface area contributed by atoms with Gasteiger partial charge in [0.1, 0.15) is 11.8 Å². The molecule has 0 bridgehead atoms. The Hall–Kier alpha value is -2.87. The van der Waals surface area contributed by atoms with Crippen molar-refractivity contribution in [3.05, 3.63) is 64.1 Å². The van der Waals surface area contributed by atoms with Crippen LogP contribution in [0.25, 0.3) is 0 Å². The molecule has 41 heavy (non-hydrogen) atoms. The number of esters is 1. The lowest BCUT2D eigenvalue weighted by Gasteiger charge is -2.35. The van der Waals surface area contributed by atoms with Crippen LogP contribution < -0.4 is 10.1 Å². The highest BCUT2D eigenvalue weighted by atomic mass is 79.9. The second kappa shape index (κ2) is 18.5. The molecule has 224 valence electrons. The van der Waals surface area contributed by atoms with E-state index in [1.54, 1.807) is 12.1 Å². The van der Waals surface area contributed by atoms with Crippen LogP contribution in [0.15, 0.2) is 53.0 Å². The Kier molecular flexibility index (Phi) is 14.8. The van der Waals surface area contributed by atoms with E-state index in [4.69, 9.17) is 9.47 Å². The number of amides is 2. The van der Waals surface area contributed by atoms with E-state index >= 15 is 0 Å². The van der Waals surface area contributed by atoms with E-state index in [1.807, 2.05) is 36.4 Å². The van der Waals surface area contributed by atoms with E-state index < -0.39 is 12.0 Å². The van der Waals surface area contributed by atoms with Crippen molar-refractivity contribution >= 4 is 33.7 Å². The number of halogens is 1. The molecule has 1 N–H and O–H groups in total. The smallest absolute Gasteiger partial charge is 0.308 e. The highest BCUT2D eigenvalue weighted by Gasteiger charge is 2.36. The van der Waals surface area contributed by atoms with Crippen LogP contribution in [0.5, 0.6) is 5.75 Å². The zero-order valence-corrected chi connectivity index (χ0v) is 26.0. The Morgan fingerprint density at radius 1 is 0.927 bits per heavy atom. The van der Waals surface area contributed by atoms with Crippen molar-refractivity contribution in [2.24, 2.45) is 0 Å². The van der Waals surface area contributed by atoms with Crippen LogP contribution in [0, 0.1) is 0 Å². The van der Waals surface area contributed by atoms with Crippen molar-refractivity contribution in [3.63, 3.8) is 0 Å². The number of rotatable bonds is 18. The number of carbonyl (C=O) groups excluding carboxylic acids is 3. The van der Waals surface area contributed by atoms with Gasteiger partial charge in [0.05, 0.1) is 25.2 Å². The summed E-state index contributed by atoms with van der Waals surface area (Å²) in [4.78, 5) is 40.6. The third-order valence-corrected chi connectivity index (χ3v) is 7.87. The standard InChI is InChI=1S/C33H45BrN2O5/c1-2-3-4-5-6-7-8-9-10-14-22-41-31(37)25-29-32(38)35-20-21-36(29)33(39)28-24-27(34)17-18-30(28)40-23-19-26-15-12-11-13-16-26/h11-13,15-18,24,29H,2-10,14,19-23,25H2,1H3,(H,35,38). The second-order valence-electron chi connectivity index (χ2n) is 10.6. The lowest BCUT2D eigenvalue weighted by molar-refractivity contribution is -0.147. The summed E-state index contributed by atoms with van der Waals surface area (Å²) in [7, 11) is 0. The zero-order valence-electron chi connectivity index (χ0n) is 24.4. The van der Waals surface area contributed by atoms with Gasteiger partial charge >= 0.3 is 5.97 Å². The molecular weight excluding hydrogens is 584 g/mol. The maximum Gasteiger partial charge on any atom is 0.308 e. The first kappa shape index (κ1) is 32.6. The van der Waals surface area contributed by atoms with Gasteiger partial charge in [0.25, 0.3) is 5.91 Å².